The molecule has 8 heteroatoms. The largest absolute Gasteiger partial charge is 0.481 e. The van der Waals surface area contributed by atoms with Gasteiger partial charge in [0.25, 0.3) is 5.91 Å². The van der Waals surface area contributed by atoms with Gasteiger partial charge < -0.3 is 20.6 Å². The molecule has 4 N–H and O–H groups in total. The summed E-state index contributed by atoms with van der Waals surface area (Å²) in [5.74, 6) is -7.48. The third-order valence-electron chi connectivity index (χ3n) is 2.71. The number of carbonyl (C=O) groups is 4. The van der Waals surface area contributed by atoms with Crippen LogP contribution >= 0.6 is 0 Å². The Bertz CT molecular complexity index is 541. The zero-order valence-corrected chi connectivity index (χ0v) is 10.7. The molecule has 0 aliphatic heterocycles. The molecule has 0 radical (unpaired) electrons. The zero-order chi connectivity index (χ0) is 16.0. The van der Waals surface area contributed by atoms with Crippen LogP contribution in [0.15, 0.2) is 30.3 Å². The van der Waals surface area contributed by atoms with E-state index < -0.39 is 42.2 Å². The Morgan fingerprint density at radius 2 is 1.43 bits per heavy atom. The molecular formula is C13H13NO7. The Balaban J connectivity index is 2.83. The van der Waals surface area contributed by atoms with Crippen LogP contribution in [0.2, 0.25) is 0 Å². The number of hydrogen-bond donors (Lipinski definition) is 4. The summed E-state index contributed by atoms with van der Waals surface area (Å²) in [5, 5.41) is 28.6. The molecule has 0 bridgehead atoms. The third kappa shape index (κ3) is 4.60. The van der Waals surface area contributed by atoms with Crippen molar-refractivity contribution in [2.24, 2.45) is 5.92 Å². The molecule has 0 heterocycles. The minimum absolute atomic E-state index is 0.186. The normalized spacial score (nSPS) is 11.7. The van der Waals surface area contributed by atoms with Crippen LogP contribution < -0.4 is 5.32 Å². The van der Waals surface area contributed by atoms with Crippen LogP contribution in [0.25, 0.3) is 0 Å². The van der Waals surface area contributed by atoms with E-state index in [0.29, 0.717) is 0 Å². The fourth-order valence-electron chi connectivity index (χ4n) is 1.60. The first-order valence-electron chi connectivity index (χ1n) is 5.87. The molecule has 1 atom stereocenters. The van der Waals surface area contributed by atoms with Crippen molar-refractivity contribution in [3.05, 3.63) is 35.9 Å². The fraction of sp³-hybridized carbons (Fsp3) is 0.231. The van der Waals surface area contributed by atoms with Gasteiger partial charge in [0.2, 0.25) is 0 Å². The maximum atomic E-state index is 11.8. The minimum Gasteiger partial charge on any atom is -0.481 e. The molecule has 1 aromatic rings. The van der Waals surface area contributed by atoms with Crippen molar-refractivity contribution in [2.75, 3.05) is 0 Å². The molecule has 0 fully saturated rings. The number of benzene rings is 1. The van der Waals surface area contributed by atoms with Crippen LogP contribution in [-0.4, -0.2) is 45.2 Å². The van der Waals surface area contributed by atoms with Crippen LogP contribution in [0.4, 0.5) is 0 Å². The van der Waals surface area contributed by atoms with Crippen molar-refractivity contribution >= 4 is 23.8 Å². The molecule has 0 aromatic heterocycles. The van der Waals surface area contributed by atoms with Gasteiger partial charge in [0.15, 0.2) is 5.92 Å². The van der Waals surface area contributed by atoms with Gasteiger partial charge in [-0.15, -0.1) is 0 Å². The minimum atomic E-state index is -1.91. The van der Waals surface area contributed by atoms with E-state index in [9.17, 15) is 19.2 Å². The van der Waals surface area contributed by atoms with E-state index in [0.717, 1.165) is 0 Å². The van der Waals surface area contributed by atoms with E-state index in [-0.39, 0.29) is 5.56 Å². The lowest BCUT2D eigenvalue weighted by Gasteiger charge is -2.16. The van der Waals surface area contributed by atoms with Crippen LogP contribution in [0.1, 0.15) is 16.8 Å². The average Bonchev–Trinajstić information content (AvgIpc) is 2.42. The van der Waals surface area contributed by atoms with Gasteiger partial charge in [-0.3, -0.25) is 14.4 Å². The summed E-state index contributed by atoms with van der Waals surface area (Å²) < 4.78 is 0. The highest BCUT2D eigenvalue weighted by Crippen LogP contribution is 2.09. The standard InChI is InChI=1S/C13H13NO7/c15-10(7-4-2-1-3-5-7)14-9(13(20)21)6-8(11(16)17)12(18)19/h1-5,8-9H,6H2,(H,14,15)(H,16,17)(H,18,19)(H,20,21)/t9-/m0/s1. The van der Waals surface area contributed by atoms with E-state index in [1.807, 2.05) is 0 Å². The van der Waals surface area contributed by atoms with Crippen LogP contribution in [0, 0.1) is 5.92 Å². The summed E-state index contributed by atoms with van der Waals surface area (Å²) in [5.41, 5.74) is 0.186. The molecule has 1 aromatic carbocycles. The van der Waals surface area contributed by atoms with Gasteiger partial charge in [0, 0.05) is 12.0 Å². The highest BCUT2D eigenvalue weighted by molar-refractivity contribution is 5.97. The number of aliphatic carboxylic acids is 3. The summed E-state index contributed by atoms with van der Waals surface area (Å²) in [7, 11) is 0. The Morgan fingerprint density at radius 1 is 0.905 bits per heavy atom. The van der Waals surface area contributed by atoms with Crippen LogP contribution in [0.5, 0.6) is 0 Å². The predicted octanol–water partition coefficient (Wildman–Crippen LogP) is 0.0451. The zero-order valence-electron chi connectivity index (χ0n) is 10.7. The van der Waals surface area contributed by atoms with E-state index in [1.165, 1.54) is 12.1 Å². The number of amides is 1. The molecule has 0 spiro atoms. The number of carboxylic acid groups (broad SMARTS) is 3. The molecule has 0 aliphatic carbocycles. The lowest BCUT2D eigenvalue weighted by Crippen LogP contribution is -2.44. The van der Waals surface area contributed by atoms with Gasteiger partial charge in [-0.05, 0) is 12.1 Å². The maximum absolute atomic E-state index is 11.8. The first-order chi connectivity index (χ1) is 9.82. The maximum Gasteiger partial charge on any atom is 0.326 e. The lowest BCUT2D eigenvalue weighted by molar-refractivity contribution is -0.155. The molecule has 112 valence electrons. The summed E-state index contributed by atoms with van der Waals surface area (Å²) >= 11 is 0. The van der Waals surface area contributed by atoms with Gasteiger partial charge in [0.05, 0.1) is 0 Å². The molecule has 1 rings (SSSR count). The fourth-order valence-corrected chi connectivity index (χ4v) is 1.60. The number of carbonyl (C=O) groups excluding carboxylic acids is 1. The molecule has 8 nitrogen and oxygen atoms in total. The number of rotatable bonds is 7. The Hall–Kier alpha value is -2.90. The Labute approximate surface area is 119 Å². The van der Waals surface area contributed by atoms with E-state index >= 15 is 0 Å². The van der Waals surface area contributed by atoms with Gasteiger partial charge in [-0.2, -0.15) is 0 Å². The van der Waals surface area contributed by atoms with Gasteiger partial charge >= 0.3 is 17.9 Å². The first kappa shape index (κ1) is 16.2. The molecular weight excluding hydrogens is 282 g/mol. The molecule has 0 unspecified atom stereocenters. The van der Waals surface area contributed by atoms with Crippen molar-refractivity contribution in [1.29, 1.82) is 0 Å². The van der Waals surface area contributed by atoms with Crippen molar-refractivity contribution in [3.63, 3.8) is 0 Å². The number of carboxylic acids is 3. The second-order valence-corrected chi connectivity index (χ2v) is 4.20. The molecule has 1 amide bonds. The van der Waals surface area contributed by atoms with E-state index in [4.69, 9.17) is 15.3 Å². The van der Waals surface area contributed by atoms with Crippen molar-refractivity contribution in [1.82, 2.24) is 5.32 Å². The number of hydrogen-bond acceptors (Lipinski definition) is 4. The molecule has 0 saturated carbocycles. The summed E-state index contributed by atoms with van der Waals surface area (Å²) in [6.07, 6.45) is -0.751. The van der Waals surface area contributed by atoms with E-state index in [2.05, 4.69) is 5.32 Å². The van der Waals surface area contributed by atoms with Crippen molar-refractivity contribution in [3.8, 4) is 0 Å². The third-order valence-corrected chi connectivity index (χ3v) is 2.71. The summed E-state index contributed by atoms with van der Waals surface area (Å²) in [4.78, 5) is 44.4. The van der Waals surface area contributed by atoms with Gasteiger partial charge in [-0.25, -0.2) is 4.79 Å². The lowest BCUT2D eigenvalue weighted by atomic mass is 9.99. The smallest absolute Gasteiger partial charge is 0.326 e. The SMILES string of the molecule is O=C(N[C@@H](CC(C(=O)O)C(=O)O)C(=O)O)c1ccccc1. The second-order valence-electron chi connectivity index (χ2n) is 4.20. The number of nitrogens with one attached hydrogen (secondary N) is 1. The second kappa shape index (κ2) is 7.04. The molecule has 0 saturated heterocycles. The van der Waals surface area contributed by atoms with Gasteiger partial charge in [-0.1, -0.05) is 18.2 Å². The van der Waals surface area contributed by atoms with Crippen molar-refractivity contribution < 1.29 is 34.5 Å². The molecule has 21 heavy (non-hydrogen) atoms. The highest BCUT2D eigenvalue weighted by atomic mass is 16.4. The van der Waals surface area contributed by atoms with Crippen molar-refractivity contribution in [2.45, 2.75) is 12.5 Å². The quantitative estimate of drug-likeness (QED) is 0.520. The average molecular weight is 295 g/mol. The summed E-state index contributed by atoms with van der Waals surface area (Å²) in [6.45, 7) is 0. The monoisotopic (exact) mass is 295 g/mol. The highest BCUT2D eigenvalue weighted by Gasteiger charge is 2.33. The Morgan fingerprint density at radius 3 is 1.86 bits per heavy atom. The van der Waals surface area contributed by atoms with Crippen LogP contribution in [0.3, 0.4) is 0 Å². The topological polar surface area (TPSA) is 141 Å². The van der Waals surface area contributed by atoms with E-state index in [1.54, 1.807) is 18.2 Å². The van der Waals surface area contributed by atoms with Gasteiger partial charge in [0.1, 0.15) is 6.04 Å². The van der Waals surface area contributed by atoms with Crippen LogP contribution in [-0.2, 0) is 14.4 Å². The predicted molar refractivity (Wildman–Crippen MR) is 68.7 cm³/mol. The Kier molecular flexibility index (Phi) is 5.41. The molecule has 0 aliphatic rings. The summed E-state index contributed by atoms with van der Waals surface area (Å²) in [6, 6.07) is 6.08. The first-order valence-corrected chi connectivity index (χ1v) is 5.87.